The van der Waals surface area contributed by atoms with Crippen molar-refractivity contribution in [2.45, 2.75) is 65.0 Å². The summed E-state index contributed by atoms with van der Waals surface area (Å²) in [4.78, 5) is 38.2. The minimum atomic E-state index is -0.890. The Balaban J connectivity index is 2.10. The van der Waals surface area contributed by atoms with Crippen LogP contribution in [0.3, 0.4) is 0 Å². The largest absolute Gasteiger partial charge is 0.508 e. The Hall–Kier alpha value is -3.39. The molecule has 0 bridgehead atoms. The fourth-order valence-corrected chi connectivity index (χ4v) is 4.11. The van der Waals surface area contributed by atoms with Crippen molar-refractivity contribution in [1.29, 1.82) is 0 Å². The molecular formula is C27H38N4O4. The van der Waals surface area contributed by atoms with E-state index in [0.29, 0.717) is 32.2 Å². The van der Waals surface area contributed by atoms with E-state index in [1.54, 1.807) is 19.1 Å². The Morgan fingerprint density at radius 3 is 2.09 bits per heavy atom. The van der Waals surface area contributed by atoms with Crippen molar-refractivity contribution < 1.29 is 19.5 Å². The zero-order valence-electron chi connectivity index (χ0n) is 20.8. The van der Waals surface area contributed by atoms with Crippen molar-refractivity contribution in [2.75, 3.05) is 6.54 Å². The molecule has 0 saturated heterocycles. The first-order chi connectivity index (χ1) is 16.6. The SMILES string of the molecule is Cc1cc(O)cc(C)c1CC(C)C(=O)NC(CCCCN)C(=O)NC(Cc1ccccc1)C(N)=O. The predicted molar refractivity (Wildman–Crippen MR) is 137 cm³/mol. The molecule has 3 atom stereocenters. The predicted octanol–water partition coefficient (Wildman–Crippen LogP) is 2.01. The summed E-state index contributed by atoms with van der Waals surface area (Å²) < 4.78 is 0. The van der Waals surface area contributed by atoms with E-state index in [2.05, 4.69) is 10.6 Å². The molecule has 0 radical (unpaired) electrons. The third kappa shape index (κ3) is 8.72. The molecule has 2 rings (SSSR count). The highest BCUT2D eigenvalue weighted by molar-refractivity contribution is 5.92. The van der Waals surface area contributed by atoms with Gasteiger partial charge in [0.15, 0.2) is 0 Å². The fourth-order valence-electron chi connectivity index (χ4n) is 4.11. The molecule has 0 aromatic heterocycles. The number of nitrogens with two attached hydrogens (primary N) is 2. The molecule has 8 nitrogen and oxygen atoms in total. The number of phenols is 1. The van der Waals surface area contributed by atoms with E-state index < -0.39 is 29.8 Å². The third-order valence-corrected chi connectivity index (χ3v) is 6.16. The quantitative estimate of drug-likeness (QED) is 0.277. The molecule has 190 valence electrons. The van der Waals surface area contributed by atoms with Crippen molar-refractivity contribution in [3.05, 3.63) is 64.7 Å². The van der Waals surface area contributed by atoms with Crippen LogP contribution < -0.4 is 22.1 Å². The molecule has 0 fully saturated rings. The molecule has 0 aliphatic rings. The lowest BCUT2D eigenvalue weighted by molar-refractivity contribution is -0.132. The van der Waals surface area contributed by atoms with Gasteiger partial charge in [0.1, 0.15) is 17.8 Å². The smallest absolute Gasteiger partial charge is 0.243 e. The van der Waals surface area contributed by atoms with Crippen molar-refractivity contribution in [3.8, 4) is 5.75 Å². The van der Waals surface area contributed by atoms with Gasteiger partial charge in [0.25, 0.3) is 0 Å². The molecule has 35 heavy (non-hydrogen) atoms. The number of carbonyl (C=O) groups is 3. The van der Waals surface area contributed by atoms with Gasteiger partial charge in [-0.05, 0) is 80.5 Å². The fraction of sp³-hybridized carbons (Fsp3) is 0.444. The Morgan fingerprint density at radius 2 is 1.51 bits per heavy atom. The van der Waals surface area contributed by atoms with Gasteiger partial charge in [-0.25, -0.2) is 0 Å². The summed E-state index contributed by atoms with van der Waals surface area (Å²) in [7, 11) is 0. The first kappa shape index (κ1) is 27.9. The minimum absolute atomic E-state index is 0.192. The average molecular weight is 483 g/mol. The maximum atomic E-state index is 13.1. The lowest BCUT2D eigenvalue weighted by Gasteiger charge is -2.24. The van der Waals surface area contributed by atoms with E-state index >= 15 is 0 Å². The molecular weight excluding hydrogens is 444 g/mol. The second-order valence-corrected chi connectivity index (χ2v) is 9.16. The Labute approximate surface area is 207 Å². The number of benzene rings is 2. The summed E-state index contributed by atoms with van der Waals surface area (Å²) in [5, 5.41) is 15.4. The number of aromatic hydroxyl groups is 1. The van der Waals surface area contributed by atoms with Gasteiger partial charge >= 0.3 is 0 Å². The molecule has 2 aromatic rings. The van der Waals surface area contributed by atoms with Crippen LogP contribution in [0.15, 0.2) is 42.5 Å². The standard InChI is InChI=1S/C27H38N4O4/c1-17-13-21(32)14-18(2)22(17)15-19(3)26(34)30-23(11-7-8-12-28)27(35)31-24(25(29)33)16-20-9-5-4-6-10-20/h4-6,9-10,13-14,19,23-24,32H,7-8,11-12,15-16,28H2,1-3H3,(H2,29,33)(H,30,34)(H,31,35). The van der Waals surface area contributed by atoms with Gasteiger partial charge in [0, 0.05) is 12.3 Å². The highest BCUT2D eigenvalue weighted by atomic mass is 16.3. The van der Waals surface area contributed by atoms with Gasteiger partial charge < -0.3 is 27.2 Å². The number of phenolic OH excluding ortho intramolecular Hbond substituents is 1. The molecule has 0 aliphatic carbocycles. The van der Waals surface area contributed by atoms with Gasteiger partial charge in [0.05, 0.1) is 0 Å². The molecule has 0 saturated carbocycles. The molecule has 3 amide bonds. The maximum Gasteiger partial charge on any atom is 0.243 e. The zero-order valence-corrected chi connectivity index (χ0v) is 20.8. The van der Waals surface area contributed by atoms with E-state index in [1.807, 2.05) is 44.2 Å². The molecule has 3 unspecified atom stereocenters. The van der Waals surface area contributed by atoms with Crippen molar-refractivity contribution in [2.24, 2.45) is 17.4 Å². The van der Waals surface area contributed by atoms with Crippen molar-refractivity contribution in [1.82, 2.24) is 10.6 Å². The van der Waals surface area contributed by atoms with Crippen LogP contribution in [0.25, 0.3) is 0 Å². The Bertz CT molecular complexity index is 986. The Kier molecular flexibility index (Phi) is 10.7. The number of carbonyl (C=O) groups excluding carboxylic acids is 3. The van der Waals surface area contributed by atoms with Crippen LogP contribution in [0.1, 0.15) is 48.4 Å². The maximum absolute atomic E-state index is 13.1. The highest BCUT2D eigenvalue weighted by Gasteiger charge is 2.27. The number of primary amides is 1. The summed E-state index contributed by atoms with van der Waals surface area (Å²) in [6.45, 7) is 6.08. The monoisotopic (exact) mass is 482 g/mol. The second kappa shape index (κ2) is 13.5. The second-order valence-electron chi connectivity index (χ2n) is 9.16. The van der Waals surface area contributed by atoms with E-state index in [0.717, 1.165) is 22.3 Å². The minimum Gasteiger partial charge on any atom is -0.508 e. The first-order valence-corrected chi connectivity index (χ1v) is 12.1. The van der Waals surface area contributed by atoms with E-state index in [-0.39, 0.29) is 18.1 Å². The van der Waals surface area contributed by atoms with Crippen LogP contribution >= 0.6 is 0 Å². The molecule has 0 spiro atoms. The normalized spacial score (nSPS) is 13.5. The van der Waals surface area contributed by atoms with Crippen molar-refractivity contribution >= 4 is 17.7 Å². The van der Waals surface area contributed by atoms with Crippen LogP contribution in [0, 0.1) is 19.8 Å². The van der Waals surface area contributed by atoms with Crippen LogP contribution in [0.4, 0.5) is 0 Å². The topological polar surface area (TPSA) is 148 Å². The van der Waals surface area contributed by atoms with E-state index in [4.69, 9.17) is 11.5 Å². The summed E-state index contributed by atoms with van der Waals surface area (Å²) in [5.74, 6) is -1.56. The van der Waals surface area contributed by atoms with Crippen LogP contribution in [-0.4, -0.2) is 41.5 Å². The number of nitrogens with one attached hydrogen (secondary N) is 2. The highest BCUT2D eigenvalue weighted by Crippen LogP contribution is 2.23. The molecule has 0 heterocycles. The summed E-state index contributed by atoms with van der Waals surface area (Å²) in [5.41, 5.74) is 14.8. The number of unbranched alkanes of at least 4 members (excludes halogenated alkanes) is 1. The van der Waals surface area contributed by atoms with E-state index in [9.17, 15) is 19.5 Å². The van der Waals surface area contributed by atoms with Crippen LogP contribution in [0.5, 0.6) is 5.75 Å². The van der Waals surface area contributed by atoms with Gasteiger partial charge in [-0.3, -0.25) is 14.4 Å². The summed E-state index contributed by atoms with van der Waals surface area (Å²) >= 11 is 0. The number of hydrogen-bond acceptors (Lipinski definition) is 5. The van der Waals surface area contributed by atoms with Crippen molar-refractivity contribution in [3.63, 3.8) is 0 Å². The molecule has 7 N–H and O–H groups in total. The lowest BCUT2D eigenvalue weighted by atomic mass is 9.92. The number of rotatable bonds is 13. The van der Waals surface area contributed by atoms with Crippen LogP contribution in [0.2, 0.25) is 0 Å². The number of aryl methyl sites for hydroxylation is 2. The molecule has 2 aromatic carbocycles. The van der Waals surface area contributed by atoms with Gasteiger partial charge in [0.2, 0.25) is 17.7 Å². The first-order valence-electron chi connectivity index (χ1n) is 12.1. The lowest BCUT2D eigenvalue weighted by Crippen LogP contribution is -2.54. The van der Waals surface area contributed by atoms with Gasteiger partial charge in [-0.15, -0.1) is 0 Å². The van der Waals surface area contributed by atoms with E-state index in [1.165, 1.54) is 0 Å². The zero-order chi connectivity index (χ0) is 26.0. The van der Waals surface area contributed by atoms with Crippen LogP contribution in [-0.2, 0) is 27.2 Å². The third-order valence-electron chi connectivity index (χ3n) is 6.16. The van der Waals surface area contributed by atoms with Gasteiger partial charge in [-0.1, -0.05) is 37.3 Å². The summed E-state index contributed by atoms with van der Waals surface area (Å²) in [6, 6.07) is 10.9. The number of hydrogen-bond donors (Lipinski definition) is 5. The molecule has 8 heteroatoms. The average Bonchev–Trinajstić information content (AvgIpc) is 2.80. The van der Waals surface area contributed by atoms with Gasteiger partial charge in [-0.2, -0.15) is 0 Å². The Morgan fingerprint density at radius 1 is 0.914 bits per heavy atom. The summed E-state index contributed by atoms with van der Waals surface area (Å²) in [6.07, 6.45) is 2.50. The number of amides is 3. The molecule has 0 aliphatic heterocycles.